The van der Waals surface area contributed by atoms with Crippen LogP contribution in [0.2, 0.25) is 5.02 Å². The van der Waals surface area contributed by atoms with Gasteiger partial charge in [0.25, 0.3) is 5.91 Å². The highest BCUT2D eigenvalue weighted by Crippen LogP contribution is 2.34. The number of aliphatic hydroxyl groups excluding tert-OH is 1. The molecule has 1 aliphatic rings. The summed E-state index contributed by atoms with van der Waals surface area (Å²) in [5.74, 6) is -0.000597. The average Bonchev–Trinajstić information content (AvgIpc) is 3.00. The molecule has 2 aromatic rings. The second kappa shape index (κ2) is 8.77. The van der Waals surface area contributed by atoms with Gasteiger partial charge < -0.3 is 24.8 Å². The van der Waals surface area contributed by atoms with Gasteiger partial charge in [-0.25, -0.2) is 4.79 Å². The molecule has 0 spiro atoms. The number of β-amino-alcohol motifs (C(OH)–C–C–N with tert-alkyl or cyclic N) is 1. The summed E-state index contributed by atoms with van der Waals surface area (Å²) in [7, 11) is 1.25. The fourth-order valence-electron chi connectivity index (χ4n) is 2.79. The van der Waals surface area contributed by atoms with Crippen LogP contribution >= 0.6 is 11.6 Å². The Hall–Kier alpha value is -3.03. The van der Waals surface area contributed by atoms with Crippen molar-refractivity contribution in [3.8, 4) is 11.5 Å². The number of amides is 1. The molecule has 0 aromatic heterocycles. The average molecular weight is 403 g/mol. The summed E-state index contributed by atoms with van der Waals surface area (Å²) in [4.78, 5) is 26.2. The molecule has 8 heteroatoms. The zero-order valence-electron chi connectivity index (χ0n) is 15.1. The molecule has 1 amide bonds. The summed E-state index contributed by atoms with van der Waals surface area (Å²) >= 11 is 6.11. The molecule has 0 bridgehead atoms. The van der Waals surface area contributed by atoms with Crippen LogP contribution < -0.4 is 10.1 Å². The van der Waals surface area contributed by atoms with Crippen molar-refractivity contribution >= 4 is 29.2 Å². The van der Waals surface area contributed by atoms with Gasteiger partial charge >= 0.3 is 5.97 Å². The first kappa shape index (κ1) is 19.7. The Balaban J connectivity index is 1.95. The first-order valence-corrected chi connectivity index (χ1v) is 8.92. The van der Waals surface area contributed by atoms with Crippen molar-refractivity contribution in [2.45, 2.75) is 0 Å². The smallest absolute Gasteiger partial charge is 0.337 e. The number of nitrogens with zero attached hydrogens (tertiary/aromatic N) is 1. The molecule has 7 nitrogen and oxygen atoms in total. The van der Waals surface area contributed by atoms with E-state index in [0.29, 0.717) is 22.2 Å². The van der Waals surface area contributed by atoms with Crippen LogP contribution in [0.1, 0.15) is 0 Å². The quantitative estimate of drug-likeness (QED) is 0.692. The van der Waals surface area contributed by atoms with Crippen LogP contribution in [0.15, 0.2) is 59.8 Å². The lowest BCUT2D eigenvalue weighted by molar-refractivity contribution is -0.136. The van der Waals surface area contributed by atoms with Gasteiger partial charge in [0.05, 0.1) is 31.5 Å². The Bertz CT molecular complexity index is 914. The van der Waals surface area contributed by atoms with E-state index in [0.717, 1.165) is 0 Å². The highest BCUT2D eigenvalue weighted by molar-refractivity contribution is 6.31. The van der Waals surface area contributed by atoms with E-state index in [1.165, 1.54) is 12.0 Å². The van der Waals surface area contributed by atoms with Crippen LogP contribution in [-0.4, -0.2) is 48.7 Å². The van der Waals surface area contributed by atoms with Gasteiger partial charge in [0, 0.05) is 11.6 Å². The monoisotopic (exact) mass is 402 g/mol. The summed E-state index contributed by atoms with van der Waals surface area (Å²) in [6.07, 6.45) is 0. The molecule has 0 atom stereocenters. The number of carbonyl (C=O) groups is 2. The number of carbonyl (C=O) groups excluding carboxylic acids is 2. The molecule has 0 saturated carbocycles. The number of hydrogen-bond donors (Lipinski definition) is 2. The number of nitrogens with one attached hydrogen (secondary N) is 1. The number of methoxy groups -OCH3 is 1. The lowest BCUT2D eigenvalue weighted by Crippen LogP contribution is -2.31. The zero-order valence-corrected chi connectivity index (χ0v) is 15.9. The molecule has 28 heavy (non-hydrogen) atoms. The Morgan fingerprint density at radius 1 is 1.25 bits per heavy atom. The van der Waals surface area contributed by atoms with Crippen molar-refractivity contribution in [1.29, 1.82) is 0 Å². The van der Waals surface area contributed by atoms with Crippen molar-refractivity contribution < 1.29 is 24.2 Å². The molecule has 1 heterocycles. The number of ether oxygens (including phenoxy) is 2. The number of hydrogen-bond acceptors (Lipinski definition) is 6. The largest absolute Gasteiger partial charge is 0.466 e. The van der Waals surface area contributed by atoms with Crippen LogP contribution in [0.3, 0.4) is 0 Å². The van der Waals surface area contributed by atoms with Crippen molar-refractivity contribution in [1.82, 2.24) is 4.90 Å². The molecule has 2 aromatic carbocycles. The molecule has 0 radical (unpaired) electrons. The van der Waals surface area contributed by atoms with E-state index >= 15 is 0 Å². The fourth-order valence-corrected chi connectivity index (χ4v) is 2.96. The first-order valence-electron chi connectivity index (χ1n) is 8.54. The summed E-state index contributed by atoms with van der Waals surface area (Å²) < 4.78 is 10.7. The van der Waals surface area contributed by atoms with E-state index in [1.807, 2.05) is 18.2 Å². The molecule has 146 valence electrons. The van der Waals surface area contributed by atoms with E-state index in [2.05, 4.69) is 5.32 Å². The van der Waals surface area contributed by atoms with Gasteiger partial charge in [-0.2, -0.15) is 0 Å². The number of rotatable bonds is 7. The van der Waals surface area contributed by atoms with Gasteiger partial charge in [0.1, 0.15) is 11.4 Å². The van der Waals surface area contributed by atoms with Crippen molar-refractivity contribution in [2.24, 2.45) is 0 Å². The second-order valence-corrected chi connectivity index (χ2v) is 6.41. The summed E-state index contributed by atoms with van der Waals surface area (Å²) in [5.41, 5.74) is 0.666. The Morgan fingerprint density at radius 2 is 2.00 bits per heavy atom. The Labute approximate surface area is 167 Å². The van der Waals surface area contributed by atoms with Crippen molar-refractivity contribution in [3.05, 3.63) is 64.8 Å². The summed E-state index contributed by atoms with van der Waals surface area (Å²) in [6, 6.07) is 14.1. The van der Waals surface area contributed by atoms with Gasteiger partial charge in [-0.05, 0) is 30.3 Å². The highest BCUT2D eigenvalue weighted by Gasteiger charge is 2.34. The Morgan fingerprint density at radius 3 is 2.68 bits per heavy atom. The molecular weight excluding hydrogens is 384 g/mol. The molecule has 1 aliphatic heterocycles. The predicted molar refractivity (Wildman–Crippen MR) is 104 cm³/mol. The van der Waals surface area contributed by atoms with E-state index in [-0.39, 0.29) is 31.0 Å². The minimum absolute atomic E-state index is 0.0455. The maximum atomic E-state index is 12.7. The Kier molecular flexibility index (Phi) is 6.18. The molecule has 0 fully saturated rings. The predicted octanol–water partition coefficient (Wildman–Crippen LogP) is 2.81. The van der Waals surface area contributed by atoms with Gasteiger partial charge in [-0.3, -0.25) is 4.79 Å². The normalized spacial score (nSPS) is 13.7. The molecule has 0 aliphatic carbocycles. The summed E-state index contributed by atoms with van der Waals surface area (Å²) in [5, 5.41) is 12.6. The van der Waals surface area contributed by atoms with Crippen molar-refractivity contribution in [3.63, 3.8) is 0 Å². The molecular formula is C20H19ClN2O5. The number of halogens is 1. The van der Waals surface area contributed by atoms with Crippen LogP contribution in [0.4, 0.5) is 5.69 Å². The second-order valence-electron chi connectivity index (χ2n) is 5.98. The van der Waals surface area contributed by atoms with Gasteiger partial charge in [0.2, 0.25) is 0 Å². The molecule has 0 saturated heterocycles. The summed E-state index contributed by atoms with van der Waals surface area (Å²) in [6.45, 7) is -0.0652. The third-order valence-electron chi connectivity index (χ3n) is 4.13. The lowest BCUT2D eigenvalue weighted by atomic mass is 10.2. The standard InChI is InChI=1S/C20H19ClN2O5/c1-27-20(26)15-12-23(9-10-24)19(25)18(15)22-16-11-13(21)7-8-17(16)28-14-5-3-2-4-6-14/h2-8,11,22,24H,9-10,12H2,1H3. The highest BCUT2D eigenvalue weighted by atomic mass is 35.5. The van der Waals surface area contributed by atoms with Gasteiger partial charge in [-0.15, -0.1) is 0 Å². The lowest BCUT2D eigenvalue weighted by Gasteiger charge is -2.16. The minimum atomic E-state index is -0.621. The van der Waals surface area contributed by atoms with Gasteiger partial charge in [0.15, 0.2) is 5.75 Å². The molecule has 0 unspecified atom stereocenters. The number of esters is 1. The maximum Gasteiger partial charge on any atom is 0.337 e. The minimum Gasteiger partial charge on any atom is -0.466 e. The van der Waals surface area contributed by atoms with E-state index in [9.17, 15) is 9.59 Å². The van der Waals surface area contributed by atoms with E-state index in [1.54, 1.807) is 30.3 Å². The number of anilines is 1. The van der Waals surface area contributed by atoms with Crippen molar-refractivity contribution in [2.75, 3.05) is 32.1 Å². The number of para-hydroxylation sites is 1. The third-order valence-corrected chi connectivity index (χ3v) is 4.36. The zero-order chi connectivity index (χ0) is 20.1. The van der Waals surface area contributed by atoms with Crippen LogP contribution in [0.5, 0.6) is 11.5 Å². The third kappa shape index (κ3) is 4.27. The number of aliphatic hydroxyl groups is 1. The fraction of sp³-hybridized carbons (Fsp3) is 0.200. The van der Waals surface area contributed by atoms with E-state index < -0.39 is 11.9 Å². The van der Waals surface area contributed by atoms with Crippen LogP contribution in [-0.2, 0) is 14.3 Å². The van der Waals surface area contributed by atoms with Gasteiger partial charge in [-0.1, -0.05) is 29.8 Å². The topological polar surface area (TPSA) is 88.1 Å². The van der Waals surface area contributed by atoms with Crippen LogP contribution in [0.25, 0.3) is 0 Å². The molecule has 2 N–H and O–H groups in total. The number of benzene rings is 2. The van der Waals surface area contributed by atoms with Crippen LogP contribution in [0, 0.1) is 0 Å². The SMILES string of the molecule is COC(=O)C1=C(Nc2cc(Cl)ccc2Oc2ccccc2)C(=O)N(CCO)C1. The van der Waals surface area contributed by atoms with E-state index in [4.69, 9.17) is 26.2 Å². The molecule has 3 rings (SSSR count). The first-order chi connectivity index (χ1) is 13.5. The maximum absolute atomic E-state index is 12.7.